The van der Waals surface area contributed by atoms with Crippen LogP contribution in [0.3, 0.4) is 0 Å². The largest absolute Gasteiger partial charge is 0.362 e. The minimum atomic E-state index is -0.191. The zero-order valence-electron chi connectivity index (χ0n) is 16.8. The molecule has 1 heterocycles. The summed E-state index contributed by atoms with van der Waals surface area (Å²) in [4.78, 5) is 17.6. The van der Waals surface area contributed by atoms with Crippen LogP contribution < -0.4 is 16.0 Å². The topological polar surface area (TPSA) is 119 Å². The molecular formula is C21H24N6OS. The first kappa shape index (κ1) is 22.2. The van der Waals surface area contributed by atoms with Crippen molar-refractivity contribution in [2.75, 3.05) is 25.5 Å². The Hall–Kier alpha value is -3.07. The highest BCUT2D eigenvalue weighted by Crippen LogP contribution is 2.32. The number of hydrogen-bond donors (Lipinski definition) is 2. The van der Waals surface area contributed by atoms with Crippen LogP contribution in [0.1, 0.15) is 34.7 Å². The zero-order chi connectivity index (χ0) is 21.4. The fourth-order valence-corrected chi connectivity index (χ4v) is 3.75. The molecule has 0 saturated heterocycles. The number of nitriles is 2. The second-order valence-corrected chi connectivity index (χ2v) is 7.49. The lowest BCUT2D eigenvalue weighted by molar-refractivity contribution is -0.119. The summed E-state index contributed by atoms with van der Waals surface area (Å²) in [7, 11) is 3.68. The molecule has 0 radical (unpaired) electrons. The minimum Gasteiger partial charge on any atom is -0.362 e. The third-order valence-corrected chi connectivity index (χ3v) is 5.37. The summed E-state index contributed by atoms with van der Waals surface area (Å²) in [6.07, 6.45) is 0.589. The molecule has 150 valence electrons. The molecule has 2 rings (SSSR count). The average molecular weight is 409 g/mol. The summed E-state index contributed by atoms with van der Waals surface area (Å²) in [6, 6.07) is 12.3. The molecule has 0 aliphatic rings. The van der Waals surface area contributed by atoms with Crippen molar-refractivity contribution in [3.05, 3.63) is 52.1 Å². The van der Waals surface area contributed by atoms with Gasteiger partial charge in [0.15, 0.2) is 0 Å². The number of carbonyl (C=O) groups excluding carboxylic acids is 1. The molecule has 0 aliphatic heterocycles. The van der Waals surface area contributed by atoms with Crippen LogP contribution >= 0.6 is 11.8 Å². The molecule has 0 fully saturated rings. The number of rotatable bonds is 8. The Morgan fingerprint density at radius 2 is 1.79 bits per heavy atom. The number of nitrogens with one attached hydrogen (secondary N) is 1. The summed E-state index contributed by atoms with van der Waals surface area (Å²) in [6.45, 7) is 2.35. The van der Waals surface area contributed by atoms with Gasteiger partial charge in [-0.3, -0.25) is 4.79 Å². The Balaban J connectivity index is 2.22. The molecule has 0 atom stereocenters. The van der Waals surface area contributed by atoms with Gasteiger partial charge in [-0.1, -0.05) is 31.2 Å². The average Bonchev–Trinajstić information content (AvgIpc) is 2.75. The van der Waals surface area contributed by atoms with Gasteiger partial charge in [0.05, 0.1) is 17.7 Å². The molecule has 29 heavy (non-hydrogen) atoms. The van der Waals surface area contributed by atoms with Crippen molar-refractivity contribution in [2.24, 2.45) is 5.73 Å². The molecule has 3 N–H and O–H groups in total. The summed E-state index contributed by atoms with van der Waals surface area (Å²) >= 11 is 1.48. The van der Waals surface area contributed by atoms with Gasteiger partial charge in [0, 0.05) is 26.4 Å². The summed E-state index contributed by atoms with van der Waals surface area (Å²) < 4.78 is 0. The van der Waals surface area contributed by atoms with E-state index in [1.54, 1.807) is 4.90 Å². The molecule has 7 nitrogen and oxygen atoms in total. The van der Waals surface area contributed by atoms with Crippen LogP contribution in [0.15, 0.2) is 29.3 Å². The first-order chi connectivity index (χ1) is 13.9. The number of pyridine rings is 1. The maximum Gasteiger partial charge on any atom is 0.234 e. The summed E-state index contributed by atoms with van der Waals surface area (Å²) in [5.74, 6) is 1.03. The van der Waals surface area contributed by atoms with Crippen molar-refractivity contribution < 1.29 is 4.79 Å². The van der Waals surface area contributed by atoms with E-state index in [4.69, 9.17) is 5.73 Å². The smallest absolute Gasteiger partial charge is 0.234 e. The van der Waals surface area contributed by atoms with Crippen LogP contribution in [0.4, 0.5) is 5.82 Å². The first-order valence-electron chi connectivity index (χ1n) is 9.16. The van der Waals surface area contributed by atoms with Gasteiger partial charge in [-0.15, -0.1) is 11.8 Å². The lowest BCUT2D eigenvalue weighted by atomic mass is 10.0. The second kappa shape index (κ2) is 10.5. The molecule has 2 aromatic rings. The Labute approximate surface area is 175 Å². The number of nitrogens with zero attached hydrogens (tertiary/aromatic N) is 4. The van der Waals surface area contributed by atoms with Gasteiger partial charge >= 0.3 is 0 Å². The fraction of sp³-hybridized carbons (Fsp3) is 0.333. The molecule has 8 heteroatoms. The van der Waals surface area contributed by atoms with Crippen molar-refractivity contribution in [1.29, 1.82) is 10.5 Å². The van der Waals surface area contributed by atoms with Crippen LogP contribution in [0.25, 0.3) is 0 Å². The lowest BCUT2D eigenvalue weighted by Gasteiger charge is -2.18. The molecule has 0 aliphatic carbocycles. The van der Waals surface area contributed by atoms with Crippen molar-refractivity contribution in [3.63, 3.8) is 0 Å². The van der Waals surface area contributed by atoms with Crippen LogP contribution in [0.5, 0.6) is 0 Å². The van der Waals surface area contributed by atoms with Gasteiger partial charge in [0.1, 0.15) is 23.0 Å². The number of thioether (sulfide) groups is 1. The van der Waals surface area contributed by atoms with Crippen LogP contribution in [-0.4, -0.2) is 31.5 Å². The van der Waals surface area contributed by atoms with Gasteiger partial charge in [-0.25, -0.2) is 4.98 Å². The molecule has 1 amide bonds. The number of anilines is 1. The number of carbonyl (C=O) groups is 1. The second-order valence-electron chi connectivity index (χ2n) is 6.53. The predicted molar refractivity (Wildman–Crippen MR) is 114 cm³/mol. The van der Waals surface area contributed by atoms with E-state index in [1.165, 1.54) is 11.8 Å². The number of nitrogens with two attached hydrogens (primary N) is 1. The van der Waals surface area contributed by atoms with E-state index in [0.717, 1.165) is 16.7 Å². The van der Waals surface area contributed by atoms with E-state index in [0.29, 0.717) is 40.7 Å². The monoisotopic (exact) mass is 408 g/mol. The first-order valence-corrected chi connectivity index (χ1v) is 10.1. The molecule has 0 spiro atoms. The van der Waals surface area contributed by atoms with Gasteiger partial charge in [-0.05, 0) is 23.1 Å². The van der Waals surface area contributed by atoms with Crippen molar-refractivity contribution in [1.82, 2.24) is 10.3 Å². The predicted octanol–water partition coefficient (Wildman–Crippen LogP) is 2.32. The molecule has 0 unspecified atom stereocenters. The van der Waals surface area contributed by atoms with E-state index >= 15 is 0 Å². The van der Waals surface area contributed by atoms with Gasteiger partial charge in [0.25, 0.3) is 0 Å². The van der Waals surface area contributed by atoms with Gasteiger partial charge in [-0.2, -0.15) is 10.5 Å². The zero-order valence-corrected chi connectivity index (χ0v) is 17.6. The quantitative estimate of drug-likeness (QED) is 0.643. The van der Waals surface area contributed by atoms with E-state index in [2.05, 4.69) is 22.4 Å². The van der Waals surface area contributed by atoms with E-state index in [1.807, 2.05) is 45.3 Å². The SMILES string of the molecule is CCc1c(C#N)c(SCc2ccc(CNC(=O)CN)cc2)nc(N(C)C)c1C#N. The Bertz CT molecular complexity index is 957. The van der Waals surface area contributed by atoms with Crippen molar-refractivity contribution >= 4 is 23.5 Å². The Morgan fingerprint density at radius 3 is 2.31 bits per heavy atom. The standard InChI is InChI=1S/C21H24N6OS/c1-4-16-17(9-22)20(27(2)3)26-21(18(16)10-23)29-13-15-7-5-14(6-8-15)12-25-19(28)11-24/h5-8H,4,11-13,24H2,1-3H3,(H,25,28). The van der Waals surface area contributed by atoms with Crippen LogP contribution in [0.2, 0.25) is 0 Å². The highest BCUT2D eigenvalue weighted by Gasteiger charge is 2.20. The van der Waals surface area contributed by atoms with Gasteiger partial charge < -0.3 is 16.0 Å². The molecule has 1 aromatic heterocycles. The Morgan fingerprint density at radius 1 is 1.17 bits per heavy atom. The van der Waals surface area contributed by atoms with Gasteiger partial charge in [0.2, 0.25) is 5.91 Å². The molecular weight excluding hydrogens is 384 g/mol. The molecule has 1 aromatic carbocycles. The number of amides is 1. The highest BCUT2D eigenvalue weighted by atomic mass is 32.2. The highest BCUT2D eigenvalue weighted by molar-refractivity contribution is 7.98. The Kier molecular flexibility index (Phi) is 8.02. The van der Waals surface area contributed by atoms with Crippen LogP contribution in [-0.2, 0) is 23.5 Å². The fourth-order valence-electron chi connectivity index (χ4n) is 2.79. The van der Waals surface area contributed by atoms with E-state index in [-0.39, 0.29) is 12.5 Å². The van der Waals surface area contributed by atoms with E-state index < -0.39 is 0 Å². The molecule has 0 saturated carbocycles. The molecule has 0 bridgehead atoms. The maximum absolute atomic E-state index is 11.2. The summed E-state index contributed by atoms with van der Waals surface area (Å²) in [5.41, 5.74) is 9.01. The number of benzene rings is 1. The number of hydrogen-bond acceptors (Lipinski definition) is 7. The van der Waals surface area contributed by atoms with Crippen molar-refractivity contribution in [3.8, 4) is 12.1 Å². The maximum atomic E-state index is 11.2. The lowest BCUT2D eigenvalue weighted by Crippen LogP contribution is -2.29. The third-order valence-electron chi connectivity index (χ3n) is 4.32. The minimum absolute atomic E-state index is 0.0256. The van der Waals surface area contributed by atoms with Crippen LogP contribution in [0, 0.1) is 22.7 Å². The normalized spacial score (nSPS) is 10.1. The third kappa shape index (κ3) is 5.47. The summed E-state index contributed by atoms with van der Waals surface area (Å²) in [5, 5.41) is 22.6. The number of aromatic nitrogens is 1. The van der Waals surface area contributed by atoms with E-state index in [9.17, 15) is 15.3 Å². The van der Waals surface area contributed by atoms with Crippen molar-refractivity contribution in [2.45, 2.75) is 30.7 Å².